The van der Waals surface area contributed by atoms with E-state index >= 15 is 0 Å². The molecule has 2 rings (SSSR count). The molecule has 2 aromatic carbocycles. The number of halogens is 1. The molecule has 0 aliphatic rings. The van der Waals surface area contributed by atoms with Crippen LogP contribution in [-0.2, 0) is 4.79 Å². The highest BCUT2D eigenvalue weighted by Gasteiger charge is 2.15. The lowest BCUT2D eigenvalue weighted by molar-refractivity contribution is -0.107. The van der Waals surface area contributed by atoms with Crippen molar-refractivity contribution < 1.29 is 14.3 Å². The van der Waals surface area contributed by atoms with E-state index in [1.54, 1.807) is 49.5 Å². The van der Waals surface area contributed by atoms with Gasteiger partial charge in [0.2, 0.25) is 6.41 Å². The molecular weight excluding hydrogens is 334 g/mol. The summed E-state index contributed by atoms with van der Waals surface area (Å²) >= 11 is 3.35. The van der Waals surface area contributed by atoms with Gasteiger partial charge in [-0.1, -0.05) is 15.9 Å². The first-order valence-corrected chi connectivity index (χ1v) is 7.02. The van der Waals surface area contributed by atoms with E-state index in [1.807, 2.05) is 0 Å². The molecule has 0 N–H and O–H groups in total. The Balaban J connectivity index is 2.34. The summed E-state index contributed by atoms with van der Waals surface area (Å²) in [7, 11) is 3.18. The zero-order chi connectivity index (χ0) is 15.4. The molecule has 21 heavy (non-hydrogen) atoms. The topological polar surface area (TPSA) is 46.6 Å². The van der Waals surface area contributed by atoms with Gasteiger partial charge in [-0.25, -0.2) is 0 Å². The number of hydrogen-bond donors (Lipinski definition) is 0. The van der Waals surface area contributed by atoms with Crippen molar-refractivity contribution in [2.24, 2.45) is 0 Å². The fourth-order valence-corrected chi connectivity index (χ4v) is 2.26. The Morgan fingerprint density at radius 1 is 1.19 bits per heavy atom. The van der Waals surface area contributed by atoms with Crippen LogP contribution in [0.25, 0.3) is 0 Å². The van der Waals surface area contributed by atoms with E-state index in [1.165, 1.54) is 12.0 Å². The van der Waals surface area contributed by atoms with Crippen LogP contribution in [-0.4, -0.2) is 26.4 Å². The minimum atomic E-state index is -0.125. The summed E-state index contributed by atoms with van der Waals surface area (Å²) in [5, 5.41) is 0. The van der Waals surface area contributed by atoms with Crippen LogP contribution in [0.15, 0.2) is 46.9 Å². The molecular formula is C16H14BrNO3. The zero-order valence-corrected chi connectivity index (χ0v) is 13.3. The van der Waals surface area contributed by atoms with Crippen molar-refractivity contribution in [3.8, 4) is 5.75 Å². The first kappa shape index (κ1) is 15.3. The van der Waals surface area contributed by atoms with Crippen LogP contribution in [0, 0.1) is 0 Å². The number of ketones is 1. The third-order valence-electron chi connectivity index (χ3n) is 3.10. The molecule has 0 saturated heterocycles. The van der Waals surface area contributed by atoms with Gasteiger partial charge in [0.25, 0.3) is 0 Å². The van der Waals surface area contributed by atoms with Crippen LogP contribution in [0.3, 0.4) is 0 Å². The summed E-state index contributed by atoms with van der Waals surface area (Å²) in [5.41, 5.74) is 1.76. The van der Waals surface area contributed by atoms with Gasteiger partial charge in [-0.05, 0) is 42.5 Å². The van der Waals surface area contributed by atoms with Gasteiger partial charge in [-0.15, -0.1) is 0 Å². The van der Waals surface area contributed by atoms with Gasteiger partial charge >= 0.3 is 0 Å². The standard InChI is InChI=1S/C16H14BrNO3/c1-18(10-19)13-6-3-11(4-7-13)16(20)14-8-5-12(17)9-15(14)21-2/h3-10H,1-2H3. The second-order valence-corrected chi connectivity index (χ2v) is 5.35. The average molecular weight is 348 g/mol. The molecule has 0 unspecified atom stereocenters. The van der Waals surface area contributed by atoms with E-state index in [9.17, 15) is 9.59 Å². The summed E-state index contributed by atoms with van der Waals surface area (Å²) in [5.74, 6) is 0.392. The molecule has 0 bridgehead atoms. The minimum Gasteiger partial charge on any atom is -0.496 e. The van der Waals surface area contributed by atoms with Crippen LogP contribution in [0.4, 0.5) is 5.69 Å². The molecule has 0 radical (unpaired) electrons. The fourth-order valence-electron chi connectivity index (χ4n) is 1.92. The third kappa shape index (κ3) is 3.31. The third-order valence-corrected chi connectivity index (χ3v) is 3.60. The van der Waals surface area contributed by atoms with Crippen molar-refractivity contribution in [1.82, 2.24) is 0 Å². The molecule has 1 amide bonds. The second-order valence-electron chi connectivity index (χ2n) is 4.44. The molecule has 0 saturated carbocycles. The van der Waals surface area contributed by atoms with Crippen LogP contribution in [0.1, 0.15) is 15.9 Å². The molecule has 0 atom stereocenters. The molecule has 2 aromatic rings. The van der Waals surface area contributed by atoms with E-state index in [2.05, 4.69) is 15.9 Å². The smallest absolute Gasteiger partial charge is 0.213 e. The largest absolute Gasteiger partial charge is 0.496 e. The van der Waals surface area contributed by atoms with Crippen LogP contribution < -0.4 is 9.64 Å². The van der Waals surface area contributed by atoms with E-state index in [4.69, 9.17) is 4.74 Å². The van der Waals surface area contributed by atoms with E-state index in [0.717, 1.165) is 10.2 Å². The summed E-state index contributed by atoms with van der Waals surface area (Å²) in [6.45, 7) is 0. The number of methoxy groups -OCH3 is 1. The number of nitrogens with zero attached hydrogens (tertiary/aromatic N) is 1. The van der Waals surface area contributed by atoms with Gasteiger partial charge in [0.15, 0.2) is 5.78 Å². The zero-order valence-electron chi connectivity index (χ0n) is 11.7. The highest BCUT2D eigenvalue weighted by atomic mass is 79.9. The van der Waals surface area contributed by atoms with Crippen molar-refractivity contribution in [3.05, 3.63) is 58.1 Å². The number of hydrogen-bond acceptors (Lipinski definition) is 3. The summed E-state index contributed by atoms with van der Waals surface area (Å²) < 4.78 is 6.09. The number of anilines is 1. The normalized spacial score (nSPS) is 10.0. The monoisotopic (exact) mass is 347 g/mol. The van der Waals surface area contributed by atoms with Gasteiger partial charge in [0, 0.05) is 22.8 Å². The maximum atomic E-state index is 12.5. The highest BCUT2D eigenvalue weighted by molar-refractivity contribution is 9.10. The maximum absolute atomic E-state index is 12.5. The molecule has 108 valence electrons. The molecule has 0 aromatic heterocycles. The first-order valence-electron chi connectivity index (χ1n) is 6.23. The van der Waals surface area contributed by atoms with E-state index < -0.39 is 0 Å². The van der Waals surface area contributed by atoms with E-state index in [0.29, 0.717) is 23.3 Å². The Kier molecular flexibility index (Phi) is 4.75. The fraction of sp³-hybridized carbons (Fsp3) is 0.125. The number of carbonyl (C=O) groups is 2. The number of rotatable bonds is 5. The molecule has 0 spiro atoms. The Bertz CT molecular complexity index is 668. The summed E-state index contributed by atoms with van der Waals surface area (Å²) in [6, 6.07) is 12.1. The lowest BCUT2D eigenvalue weighted by atomic mass is 10.0. The lowest BCUT2D eigenvalue weighted by Crippen LogP contribution is -2.13. The molecule has 0 heterocycles. The Morgan fingerprint density at radius 3 is 2.43 bits per heavy atom. The van der Waals surface area contributed by atoms with Gasteiger partial charge in [0.05, 0.1) is 12.7 Å². The van der Waals surface area contributed by atoms with Gasteiger partial charge < -0.3 is 9.64 Å². The van der Waals surface area contributed by atoms with Crippen LogP contribution in [0.5, 0.6) is 5.75 Å². The van der Waals surface area contributed by atoms with Crippen molar-refractivity contribution in [2.75, 3.05) is 19.1 Å². The van der Waals surface area contributed by atoms with Crippen LogP contribution >= 0.6 is 15.9 Å². The Hall–Kier alpha value is -2.14. The molecule has 0 fully saturated rings. The van der Waals surface area contributed by atoms with Gasteiger partial charge in [-0.3, -0.25) is 9.59 Å². The van der Waals surface area contributed by atoms with Crippen LogP contribution in [0.2, 0.25) is 0 Å². The molecule has 0 aliphatic heterocycles. The van der Waals surface area contributed by atoms with Crippen molar-refractivity contribution >= 4 is 33.8 Å². The Labute approximate surface area is 131 Å². The highest BCUT2D eigenvalue weighted by Crippen LogP contribution is 2.26. The SMILES string of the molecule is COc1cc(Br)ccc1C(=O)c1ccc(N(C)C=O)cc1. The van der Waals surface area contributed by atoms with Crippen molar-refractivity contribution in [1.29, 1.82) is 0 Å². The van der Waals surface area contributed by atoms with Gasteiger partial charge in [-0.2, -0.15) is 0 Å². The predicted molar refractivity (Wildman–Crippen MR) is 85.0 cm³/mol. The van der Waals surface area contributed by atoms with Crippen molar-refractivity contribution in [2.45, 2.75) is 0 Å². The molecule has 4 nitrogen and oxygen atoms in total. The lowest BCUT2D eigenvalue weighted by Gasteiger charge is -2.12. The average Bonchev–Trinajstić information content (AvgIpc) is 2.53. The minimum absolute atomic E-state index is 0.125. The number of amides is 1. The molecule has 5 heteroatoms. The summed E-state index contributed by atoms with van der Waals surface area (Å²) in [6.07, 6.45) is 0.717. The van der Waals surface area contributed by atoms with Crippen molar-refractivity contribution in [3.63, 3.8) is 0 Å². The Morgan fingerprint density at radius 2 is 1.86 bits per heavy atom. The number of carbonyl (C=O) groups excluding carboxylic acids is 2. The first-order chi connectivity index (χ1) is 10.1. The van der Waals surface area contributed by atoms with Gasteiger partial charge in [0.1, 0.15) is 5.75 Å². The van der Waals surface area contributed by atoms with E-state index in [-0.39, 0.29) is 5.78 Å². The second kappa shape index (κ2) is 6.54. The maximum Gasteiger partial charge on any atom is 0.213 e. The quantitative estimate of drug-likeness (QED) is 0.615. The molecule has 0 aliphatic carbocycles. The number of benzene rings is 2. The number of ether oxygens (including phenoxy) is 1. The predicted octanol–water partition coefficient (Wildman–Crippen LogP) is 3.28. The summed E-state index contributed by atoms with van der Waals surface area (Å²) in [4.78, 5) is 24.6.